The monoisotopic (exact) mass is 488 g/mol. The minimum Gasteiger partial charge on any atom is -0.394 e. The summed E-state index contributed by atoms with van der Waals surface area (Å²) in [5.74, 6) is 0. The van der Waals surface area contributed by atoms with Crippen molar-refractivity contribution in [3.63, 3.8) is 0 Å². The number of ether oxygens (including phenoxy) is 5. The topological polar surface area (TPSA) is 248 Å². The van der Waals surface area contributed by atoms with Crippen LogP contribution in [0, 0.1) is 0 Å². The quantitative estimate of drug-likeness (QED) is 0.167. The van der Waals surface area contributed by atoms with Gasteiger partial charge in [0, 0.05) is 0 Å². The Kier molecular flexibility index (Phi) is 8.99. The molecular formula is C18H32O15. The molecule has 15 atom stereocenters. The van der Waals surface area contributed by atoms with Gasteiger partial charge in [0.25, 0.3) is 0 Å². The Morgan fingerprint density at radius 1 is 0.545 bits per heavy atom. The van der Waals surface area contributed by atoms with E-state index in [1.165, 1.54) is 6.92 Å². The SMILES string of the molecule is CC1O[C@@H](OC2[C@H](O)OC(CO)[C@H](O)[C@@H]2OC2OC(CO)[C@H](O)[C@H](O)C2O)C(O)[C@@H](O)[C@@H]1O. The van der Waals surface area contributed by atoms with Gasteiger partial charge in [-0.25, -0.2) is 0 Å². The van der Waals surface area contributed by atoms with E-state index in [2.05, 4.69) is 0 Å². The molecule has 0 spiro atoms. The Bertz CT molecular complexity index is 624. The van der Waals surface area contributed by atoms with Crippen molar-refractivity contribution in [3.05, 3.63) is 0 Å². The third-order valence-corrected chi connectivity index (χ3v) is 6.06. The zero-order valence-electron chi connectivity index (χ0n) is 17.6. The average Bonchev–Trinajstić information content (AvgIpc) is 2.79. The van der Waals surface area contributed by atoms with E-state index in [4.69, 9.17) is 23.7 Å². The molecule has 3 heterocycles. The zero-order chi connectivity index (χ0) is 24.6. The molecule has 33 heavy (non-hydrogen) atoms. The van der Waals surface area contributed by atoms with E-state index in [1.54, 1.807) is 0 Å². The molecule has 7 unspecified atom stereocenters. The molecule has 0 bridgehead atoms. The van der Waals surface area contributed by atoms with Crippen LogP contribution < -0.4 is 0 Å². The fourth-order valence-corrected chi connectivity index (χ4v) is 3.97. The first-order valence-corrected chi connectivity index (χ1v) is 10.4. The van der Waals surface area contributed by atoms with E-state index >= 15 is 0 Å². The molecule has 15 nitrogen and oxygen atoms in total. The first kappa shape index (κ1) is 27.0. The van der Waals surface area contributed by atoms with Gasteiger partial charge in [-0.1, -0.05) is 0 Å². The fourth-order valence-electron chi connectivity index (χ4n) is 3.97. The van der Waals surface area contributed by atoms with Gasteiger partial charge in [0.05, 0.1) is 19.3 Å². The van der Waals surface area contributed by atoms with Crippen LogP contribution in [0.1, 0.15) is 6.92 Å². The number of hydrogen-bond donors (Lipinski definition) is 10. The second-order valence-corrected chi connectivity index (χ2v) is 8.32. The molecule has 0 amide bonds. The number of rotatable bonds is 6. The van der Waals surface area contributed by atoms with Crippen LogP contribution in [0.5, 0.6) is 0 Å². The van der Waals surface area contributed by atoms with Crippen molar-refractivity contribution in [2.45, 2.75) is 99.0 Å². The predicted octanol–water partition coefficient (Wildman–Crippen LogP) is -6.55. The summed E-state index contributed by atoms with van der Waals surface area (Å²) in [6.45, 7) is -0.115. The maximum absolute atomic E-state index is 10.6. The zero-order valence-corrected chi connectivity index (χ0v) is 17.6. The van der Waals surface area contributed by atoms with Gasteiger partial charge in [0.15, 0.2) is 18.9 Å². The summed E-state index contributed by atoms with van der Waals surface area (Å²) in [5.41, 5.74) is 0. The first-order valence-electron chi connectivity index (χ1n) is 10.4. The highest BCUT2D eigenvalue weighted by atomic mass is 16.8. The first-order chi connectivity index (χ1) is 15.5. The molecule has 0 radical (unpaired) electrons. The molecule has 3 aliphatic heterocycles. The van der Waals surface area contributed by atoms with E-state index in [0.717, 1.165) is 0 Å². The van der Waals surface area contributed by atoms with Crippen molar-refractivity contribution >= 4 is 0 Å². The van der Waals surface area contributed by atoms with Crippen molar-refractivity contribution in [2.75, 3.05) is 13.2 Å². The van der Waals surface area contributed by atoms with Crippen LogP contribution >= 0.6 is 0 Å². The van der Waals surface area contributed by atoms with E-state index in [9.17, 15) is 51.1 Å². The van der Waals surface area contributed by atoms with Gasteiger partial charge in [-0.3, -0.25) is 0 Å². The Balaban J connectivity index is 1.82. The highest BCUT2D eigenvalue weighted by Crippen LogP contribution is 2.32. The van der Waals surface area contributed by atoms with E-state index in [-0.39, 0.29) is 0 Å². The number of aliphatic hydroxyl groups excluding tert-OH is 10. The number of hydrogen-bond acceptors (Lipinski definition) is 15. The maximum Gasteiger partial charge on any atom is 0.187 e. The Hall–Kier alpha value is -0.600. The molecule has 15 heteroatoms. The standard InChI is InChI=1S/C18H32O15/c1-4-7(21)10(24)12(26)17(29-4)33-15-14(9(23)6(3-20)30-16(15)28)32-18-13(27)11(25)8(22)5(2-19)31-18/h4-28H,2-3H2,1H3/t4?,5?,6?,7-,8+,9+,10+,11+,12?,13?,14+,15?,16-,17+,18?/m1/s1. The lowest BCUT2D eigenvalue weighted by atomic mass is 9.96. The summed E-state index contributed by atoms with van der Waals surface area (Å²) >= 11 is 0. The summed E-state index contributed by atoms with van der Waals surface area (Å²) in [4.78, 5) is 0. The lowest BCUT2D eigenvalue weighted by Crippen LogP contribution is -2.66. The highest BCUT2D eigenvalue weighted by molar-refractivity contribution is 4.96. The minimum absolute atomic E-state index is 0.747. The largest absolute Gasteiger partial charge is 0.394 e. The van der Waals surface area contributed by atoms with Gasteiger partial charge in [-0.15, -0.1) is 0 Å². The molecule has 3 fully saturated rings. The van der Waals surface area contributed by atoms with E-state index in [1.807, 2.05) is 0 Å². The summed E-state index contributed by atoms with van der Waals surface area (Å²) in [5, 5.41) is 100.0. The van der Waals surface area contributed by atoms with Crippen LogP contribution in [0.4, 0.5) is 0 Å². The van der Waals surface area contributed by atoms with Gasteiger partial charge in [-0.05, 0) is 6.92 Å². The van der Waals surface area contributed by atoms with Crippen molar-refractivity contribution < 1.29 is 74.7 Å². The Morgan fingerprint density at radius 2 is 1.03 bits per heavy atom. The summed E-state index contributed by atoms with van der Waals surface area (Å²) < 4.78 is 26.7. The smallest absolute Gasteiger partial charge is 0.187 e. The van der Waals surface area contributed by atoms with Crippen LogP contribution in [-0.4, -0.2) is 156 Å². The van der Waals surface area contributed by atoms with Crippen LogP contribution in [0.2, 0.25) is 0 Å². The summed E-state index contributed by atoms with van der Waals surface area (Å²) in [7, 11) is 0. The van der Waals surface area contributed by atoms with Crippen LogP contribution in [0.15, 0.2) is 0 Å². The Labute approximate surface area is 187 Å². The van der Waals surface area contributed by atoms with Crippen molar-refractivity contribution in [1.82, 2.24) is 0 Å². The van der Waals surface area contributed by atoms with Gasteiger partial charge in [-0.2, -0.15) is 0 Å². The third kappa shape index (κ3) is 5.32. The van der Waals surface area contributed by atoms with Crippen LogP contribution in [-0.2, 0) is 23.7 Å². The molecule has 194 valence electrons. The lowest BCUT2D eigenvalue weighted by Gasteiger charge is -2.48. The van der Waals surface area contributed by atoms with Crippen molar-refractivity contribution in [3.8, 4) is 0 Å². The maximum atomic E-state index is 10.6. The summed E-state index contributed by atoms with van der Waals surface area (Å²) in [6, 6.07) is 0. The van der Waals surface area contributed by atoms with Crippen molar-refractivity contribution in [2.24, 2.45) is 0 Å². The second kappa shape index (κ2) is 11.0. The lowest BCUT2D eigenvalue weighted by molar-refractivity contribution is -0.386. The molecule has 0 saturated carbocycles. The average molecular weight is 488 g/mol. The Morgan fingerprint density at radius 3 is 1.61 bits per heavy atom. The molecule has 3 aliphatic rings. The van der Waals surface area contributed by atoms with Crippen LogP contribution in [0.3, 0.4) is 0 Å². The molecule has 10 N–H and O–H groups in total. The van der Waals surface area contributed by atoms with Crippen molar-refractivity contribution in [1.29, 1.82) is 0 Å². The fraction of sp³-hybridized carbons (Fsp3) is 1.00. The molecule has 0 aromatic rings. The molecular weight excluding hydrogens is 456 g/mol. The van der Waals surface area contributed by atoms with E-state index < -0.39 is 105 Å². The molecule has 0 aliphatic carbocycles. The highest BCUT2D eigenvalue weighted by Gasteiger charge is 2.53. The molecule has 0 aromatic carbocycles. The molecule has 0 aromatic heterocycles. The minimum atomic E-state index is -1.88. The normalized spacial score (nSPS) is 53.7. The summed E-state index contributed by atoms with van der Waals surface area (Å²) in [6.07, 6.45) is -24.1. The van der Waals surface area contributed by atoms with Gasteiger partial charge >= 0.3 is 0 Å². The van der Waals surface area contributed by atoms with Gasteiger partial charge < -0.3 is 74.7 Å². The molecule has 3 saturated heterocycles. The third-order valence-electron chi connectivity index (χ3n) is 6.06. The van der Waals surface area contributed by atoms with Gasteiger partial charge in [0.1, 0.15) is 67.1 Å². The van der Waals surface area contributed by atoms with E-state index in [0.29, 0.717) is 0 Å². The second-order valence-electron chi connectivity index (χ2n) is 8.32. The van der Waals surface area contributed by atoms with Crippen LogP contribution in [0.25, 0.3) is 0 Å². The predicted molar refractivity (Wildman–Crippen MR) is 99.8 cm³/mol. The molecule has 3 rings (SSSR count). The van der Waals surface area contributed by atoms with Gasteiger partial charge in [0.2, 0.25) is 0 Å². The number of aliphatic hydroxyl groups is 10.